The molecule has 0 aliphatic rings. The van der Waals surface area contributed by atoms with Crippen LogP contribution >= 0.6 is 0 Å². The molecule has 0 aliphatic carbocycles. The predicted molar refractivity (Wildman–Crippen MR) is 60.8 cm³/mol. The maximum Gasteiger partial charge on any atom is 0.317 e. The Kier molecular flexibility index (Phi) is 7.16. The Bertz CT molecular complexity index is 354. The molecule has 92 valence electrons. The molecule has 0 aromatic rings. The summed E-state index contributed by atoms with van der Waals surface area (Å²) >= 11 is 0. The van der Waals surface area contributed by atoms with Crippen molar-refractivity contribution in [3.05, 3.63) is 0 Å². The molecule has 0 unspecified atom stereocenters. The van der Waals surface area contributed by atoms with Crippen molar-refractivity contribution >= 4 is 11.9 Å². The van der Waals surface area contributed by atoms with Crippen molar-refractivity contribution in [3.63, 3.8) is 0 Å². The minimum Gasteiger partial charge on any atom is -0.480 e. The quantitative estimate of drug-likeness (QED) is 0.596. The number of carbonyl (C=O) groups excluding carboxylic acids is 1. The molecule has 6 heteroatoms. The summed E-state index contributed by atoms with van der Waals surface area (Å²) in [4.78, 5) is 24.9. The van der Waals surface area contributed by atoms with Crippen molar-refractivity contribution in [1.82, 2.24) is 9.80 Å². The van der Waals surface area contributed by atoms with Gasteiger partial charge in [0.2, 0.25) is 5.91 Å². The normalized spacial score (nSPS) is 9.41. The van der Waals surface area contributed by atoms with Crippen LogP contribution in [0, 0.1) is 23.7 Å². The number of carboxylic acid groups (broad SMARTS) is 1. The minimum absolute atomic E-state index is 0.0571. The highest BCUT2D eigenvalue weighted by Crippen LogP contribution is 1.93. The second-order valence-corrected chi connectivity index (χ2v) is 3.47. The van der Waals surface area contributed by atoms with Crippen LogP contribution in [-0.4, -0.2) is 60.0 Å². The van der Waals surface area contributed by atoms with E-state index in [0.29, 0.717) is 6.54 Å². The Morgan fingerprint density at radius 1 is 1.41 bits per heavy atom. The summed E-state index contributed by atoms with van der Waals surface area (Å²) in [5, 5.41) is 17.0. The first-order valence-electron chi connectivity index (χ1n) is 4.99. The smallest absolute Gasteiger partial charge is 0.317 e. The van der Waals surface area contributed by atoms with Gasteiger partial charge in [0, 0.05) is 13.6 Å². The molecule has 0 saturated heterocycles. The lowest BCUT2D eigenvalue weighted by molar-refractivity contribution is -0.139. The van der Waals surface area contributed by atoms with E-state index in [1.165, 1.54) is 9.80 Å². The van der Waals surface area contributed by atoms with Gasteiger partial charge >= 0.3 is 5.97 Å². The fourth-order valence-electron chi connectivity index (χ4n) is 1.14. The topological polar surface area (TPSA) is 84.6 Å². The van der Waals surface area contributed by atoms with Crippen LogP contribution in [0.1, 0.15) is 6.42 Å². The fraction of sp³-hybridized carbons (Fsp3) is 0.545. The first-order chi connectivity index (χ1) is 8.01. The highest BCUT2D eigenvalue weighted by molar-refractivity contribution is 5.79. The number of carboxylic acids is 1. The monoisotopic (exact) mass is 237 g/mol. The van der Waals surface area contributed by atoms with Gasteiger partial charge in [-0.3, -0.25) is 14.5 Å². The molecule has 6 nitrogen and oxygen atoms in total. The van der Waals surface area contributed by atoms with E-state index in [2.05, 4.69) is 5.92 Å². The van der Waals surface area contributed by atoms with Crippen LogP contribution in [0.15, 0.2) is 0 Å². The highest BCUT2D eigenvalue weighted by atomic mass is 16.4. The van der Waals surface area contributed by atoms with Crippen molar-refractivity contribution in [1.29, 1.82) is 5.26 Å². The Labute approximate surface area is 100 Å². The van der Waals surface area contributed by atoms with E-state index in [9.17, 15) is 9.59 Å². The van der Waals surface area contributed by atoms with Gasteiger partial charge in [-0.25, -0.2) is 0 Å². The van der Waals surface area contributed by atoms with Crippen LogP contribution in [0.25, 0.3) is 0 Å². The molecule has 1 amide bonds. The minimum atomic E-state index is -1.03. The molecule has 0 atom stereocenters. The second-order valence-electron chi connectivity index (χ2n) is 3.47. The van der Waals surface area contributed by atoms with Gasteiger partial charge in [0.05, 0.1) is 32.1 Å². The van der Waals surface area contributed by atoms with E-state index < -0.39 is 5.97 Å². The first kappa shape index (κ1) is 14.9. The number of terminal acetylenes is 1. The molecule has 0 aromatic carbocycles. The Balaban J connectivity index is 4.25. The van der Waals surface area contributed by atoms with Gasteiger partial charge in [-0.2, -0.15) is 5.26 Å². The van der Waals surface area contributed by atoms with Gasteiger partial charge in [0.1, 0.15) is 0 Å². The number of nitrogens with zero attached hydrogens (tertiary/aromatic N) is 3. The standard InChI is InChI=1S/C11H15N3O3/c1-3-6-14(9-11(16)17)8-10(15)13(2)7-4-5-12/h1H,4,6-9H2,2H3,(H,16,17). The molecular weight excluding hydrogens is 222 g/mol. The molecule has 0 rings (SSSR count). The summed E-state index contributed by atoms with van der Waals surface area (Å²) < 4.78 is 0. The van der Waals surface area contributed by atoms with Crippen molar-refractivity contribution < 1.29 is 14.7 Å². The lowest BCUT2D eigenvalue weighted by atomic mass is 10.3. The molecule has 0 aromatic heterocycles. The zero-order valence-electron chi connectivity index (χ0n) is 9.72. The van der Waals surface area contributed by atoms with Crippen LogP contribution in [-0.2, 0) is 9.59 Å². The number of aliphatic carboxylic acids is 1. The summed E-state index contributed by atoms with van der Waals surface area (Å²) in [6.45, 7) is 0.0941. The van der Waals surface area contributed by atoms with Gasteiger partial charge in [-0.1, -0.05) is 5.92 Å². The largest absolute Gasteiger partial charge is 0.480 e. The molecule has 0 heterocycles. The highest BCUT2D eigenvalue weighted by Gasteiger charge is 2.15. The summed E-state index contributed by atoms with van der Waals surface area (Å²) in [5.74, 6) is 1.01. The Hall–Kier alpha value is -2.05. The zero-order chi connectivity index (χ0) is 13.3. The molecule has 17 heavy (non-hydrogen) atoms. The molecule has 0 radical (unpaired) electrons. The fourth-order valence-corrected chi connectivity index (χ4v) is 1.14. The van der Waals surface area contributed by atoms with Crippen LogP contribution in [0.4, 0.5) is 0 Å². The van der Waals surface area contributed by atoms with Gasteiger partial charge in [-0.05, 0) is 0 Å². The van der Waals surface area contributed by atoms with E-state index >= 15 is 0 Å². The number of hydrogen-bond donors (Lipinski definition) is 1. The summed E-state index contributed by atoms with van der Waals surface area (Å²) in [7, 11) is 1.56. The van der Waals surface area contributed by atoms with Crippen LogP contribution in [0.2, 0.25) is 0 Å². The number of hydrogen-bond acceptors (Lipinski definition) is 4. The van der Waals surface area contributed by atoms with E-state index in [1.54, 1.807) is 7.05 Å². The van der Waals surface area contributed by atoms with Crippen molar-refractivity contribution in [3.8, 4) is 18.4 Å². The molecule has 0 saturated carbocycles. The SMILES string of the molecule is C#CCN(CC(=O)O)CC(=O)N(C)CCC#N. The third-order valence-corrected chi connectivity index (χ3v) is 2.02. The number of carbonyl (C=O) groups is 2. The zero-order valence-corrected chi connectivity index (χ0v) is 9.72. The molecule has 0 spiro atoms. The second kappa shape index (κ2) is 8.14. The Morgan fingerprint density at radius 2 is 2.06 bits per heavy atom. The number of rotatable bonds is 7. The van der Waals surface area contributed by atoms with E-state index in [4.69, 9.17) is 16.8 Å². The van der Waals surface area contributed by atoms with E-state index in [0.717, 1.165) is 0 Å². The van der Waals surface area contributed by atoms with Gasteiger partial charge in [0.25, 0.3) is 0 Å². The lowest BCUT2D eigenvalue weighted by Gasteiger charge is -2.21. The summed E-state index contributed by atoms with van der Waals surface area (Å²) in [6, 6.07) is 1.93. The maximum atomic E-state index is 11.6. The number of likely N-dealkylation sites (N-methyl/N-ethyl adjacent to an activating group) is 1. The number of amides is 1. The molecule has 0 aliphatic heterocycles. The van der Waals surface area contributed by atoms with Gasteiger partial charge in [-0.15, -0.1) is 6.42 Å². The molecule has 0 fully saturated rings. The Morgan fingerprint density at radius 3 is 2.53 bits per heavy atom. The van der Waals surface area contributed by atoms with Crippen LogP contribution in [0.3, 0.4) is 0 Å². The van der Waals surface area contributed by atoms with Crippen molar-refractivity contribution in [2.24, 2.45) is 0 Å². The van der Waals surface area contributed by atoms with Gasteiger partial charge < -0.3 is 10.0 Å². The average Bonchev–Trinajstić information content (AvgIpc) is 2.25. The van der Waals surface area contributed by atoms with Crippen LogP contribution in [0.5, 0.6) is 0 Å². The summed E-state index contributed by atoms with van der Waals surface area (Å²) in [6.07, 6.45) is 5.33. The van der Waals surface area contributed by atoms with Crippen molar-refractivity contribution in [2.45, 2.75) is 6.42 Å². The average molecular weight is 237 g/mol. The first-order valence-corrected chi connectivity index (χ1v) is 4.99. The third-order valence-electron chi connectivity index (χ3n) is 2.02. The van der Waals surface area contributed by atoms with E-state index in [-0.39, 0.29) is 32.0 Å². The number of nitriles is 1. The summed E-state index contributed by atoms with van der Waals surface area (Å²) in [5.41, 5.74) is 0. The van der Waals surface area contributed by atoms with E-state index in [1.807, 2.05) is 6.07 Å². The van der Waals surface area contributed by atoms with Crippen molar-refractivity contribution in [2.75, 3.05) is 33.2 Å². The third kappa shape index (κ3) is 6.93. The van der Waals surface area contributed by atoms with Crippen LogP contribution < -0.4 is 0 Å². The lowest BCUT2D eigenvalue weighted by Crippen LogP contribution is -2.41. The molecule has 1 N–H and O–H groups in total. The maximum absolute atomic E-state index is 11.6. The van der Waals surface area contributed by atoms with Gasteiger partial charge in [0.15, 0.2) is 0 Å². The molecule has 0 bridgehead atoms. The molecular formula is C11H15N3O3. The predicted octanol–water partition coefficient (Wildman–Crippen LogP) is -0.622.